The molecule has 3 aromatic heterocycles. The first-order valence-electron chi connectivity index (χ1n) is 10.2. The van der Waals surface area contributed by atoms with Gasteiger partial charge in [-0.2, -0.15) is 5.10 Å². The Hall–Kier alpha value is -3.76. The molecule has 33 heavy (non-hydrogen) atoms. The topological polar surface area (TPSA) is 135 Å². The van der Waals surface area contributed by atoms with Crippen molar-refractivity contribution in [3.8, 4) is 22.5 Å². The molecule has 0 atom stereocenters. The second-order valence-electron chi connectivity index (χ2n) is 7.45. The van der Waals surface area contributed by atoms with Gasteiger partial charge in [-0.15, -0.1) is 0 Å². The molecule has 0 amide bonds. The Labute approximate surface area is 196 Å². The van der Waals surface area contributed by atoms with E-state index in [9.17, 15) is 4.79 Å². The van der Waals surface area contributed by atoms with Crippen LogP contribution in [0, 0.1) is 0 Å². The van der Waals surface area contributed by atoms with Crippen molar-refractivity contribution in [1.29, 1.82) is 0 Å². The summed E-state index contributed by atoms with van der Waals surface area (Å²) < 4.78 is 5.69. The van der Waals surface area contributed by atoms with E-state index in [4.69, 9.17) is 10.5 Å². The normalized spacial score (nSPS) is 11.3. The highest BCUT2D eigenvalue weighted by Crippen LogP contribution is 2.38. The van der Waals surface area contributed by atoms with Crippen LogP contribution in [0.5, 0.6) is 0 Å². The van der Waals surface area contributed by atoms with E-state index in [1.54, 1.807) is 19.5 Å². The van der Waals surface area contributed by atoms with Crippen molar-refractivity contribution in [2.75, 3.05) is 31.3 Å². The van der Waals surface area contributed by atoms with Gasteiger partial charge in [0.25, 0.3) is 5.56 Å². The van der Waals surface area contributed by atoms with E-state index in [2.05, 4.69) is 46.4 Å². The van der Waals surface area contributed by atoms with Crippen molar-refractivity contribution in [2.24, 2.45) is 0 Å². The van der Waals surface area contributed by atoms with Crippen molar-refractivity contribution in [3.05, 3.63) is 63.6 Å². The molecule has 0 aliphatic rings. The smallest absolute Gasteiger partial charge is 0.261 e. The molecule has 0 saturated carbocycles. The molecule has 0 aliphatic carbocycles. The van der Waals surface area contributed by atoms with Gasteiger partial charge in [-0.3, -0.25) is 9.89 Å². The molecular weight excluding hydrogens is 486 g/mol. The maximum Gasteiger partial charge on any atom is 0.261 e. The Morgan fingerprint density at radius 2 is 2.06 bits per heavy atom. The minimum absolute atomic E-state index is 0.322. The number of H-pyrrole nitrogens is 2. The number of anilines is 2. The summed E-state index contributed by atoms with van der Waals surface area (Å²) in [6, 6.07) is 11.4. The third kappa shape index (κ3) is 3.83. The minimum atomic E-state index is -0.322. The molecule has 166 valence electrons. The molecule has 5 rings (SSSR count). The number of nitrogens with zero attached hydrogens (tertiary/aromatic N) is 3. The van der Waals surface area contributed by atoms with Gasteiger partial charge in [0.15, 0.2) is 0 Å². The van der Waals surface area contributed by atoms with Gasteiger partial charge in [-0.25, -0.2) is 9.97 Å². The Morgan fingerprint density at radius 3 is 2.85 bits per heavy atom. The third-order valence-electron chi connectivity index (χ3n) is 5.40. The molecule has 2 aromatic carbocycles. The number of aromatic amines is 2. The Balaban J connectivity index is 1.59. The van der Waals surface area contributed by atoms with Crippen LogP contribution >= 0.6 is 15.9 Å². The van der Waals surface area contributed by atoms with Gasteiger partial charge in [-0.05, 0) is 45.8 Å². The van der Waals surface area contributed by atoms with E-state index in [0.29, 0.717) is 51.4 Å². The number of nitrogen functional groups attached to an aromatic ring is 1. The maximum absolute atomic E-state index is 13.1. The highest BCUT2D eigenvalue weighted by Gasteiger charge is 2.18. The van der Waals surface area contributed by atoms with E-state index in [1.165, 1.54) is 0 Å². The lowest BCUT2D eigenvalue weighted by Gasteiger charge is -2.12. The van der Waals surface area contributed by atoms with Crippen molar-refractivity contribution in [1.82, 2.24) is 25.1 Å². The third-order valence-corrected chi connectivity index (χ3v) is 6.00. The van der Waals surface area contributed by atoms with E-state index in [-0.39, 0.29) is 5.56 Å². The van der Waals surface area contributed by atoms with Crippen LogP contribution in [0.25, 0.3) is 44.3 Å². The summed E-state index contributed by atoms with van der Waals surface area (Å²) in [4.78, 5) is 25.0. The molecule has 5 N–H and O–H groups in total. The molecule has 9 nitrogen and oxygen atoms in total. The Bertz CT molecular complexity index is 1530. The Kier molecular flexibility index (Phi) is 5.53. The fourth-order valence-electron chi connectivity index (χ4n) is 3.79. The molecular formula is C23H20BrN7O2. The van der Waals surface area contributed by atoms with Crippen LogP contribution < -0.4 is 16.6 Å². The monoisotopic (exact) mass is 505 g/mol. The number of fused-ring (bicyclic) bond motifs is 2. The van der Waals surface area contributed by atoms with Crippen molar-refractivity contribution < 1.29 is 4.74 Å². The van der Waals surface area contributed by atoms with Gasteiger partial charge >= 0.3 is 0 Å². The van der Waals surface area contributed by atoms with Crippen LogP contribution in [0.3, 0.4) is 0 Å². The average molecular weight is 506 g/mol. The van der Waals surface area contributed by atoms with Crippen LogP contribution in [0.15, 0.2) is 58.1 Å². The van der Waals surface area contributed by atoms with Crippen molar-refractivity contribution >= 4 is 49.2 Å². The van der Waals surface area contributed by atoms with Gasteiger partial charge in [-0.1, -0.05) is 12.1 Å². The van der Waals surface area contributed by atoms with E-state index in [0.717, 1.165) is 22.0 Å². The maximum atomic E-state index is 13.1. The number of ether oxygens (including phenoxy) is 1. The number of nitrogens with one attached hydrogen (secondary N) is 3. The zero-order valence-electron chi connectivity index (χ0n) is 17.6. The summed E-state index contributed by atoms with van der Waals surface area (Å²) in [5, 5.41) is 11.5. The molecule has 5 aromatic rings. The Morgan fingerprint density at radius 1 is 1.18 bits per heavy atom. The van der Waals surface area contributed by atoms with Crippen LogP contribution in [0.2, 0.25) is 0 Å². The summed E-state index contributed by atoms with van der Waals surface area (Å²) in [6.45, 7) is 1.23. The van der Waals surface area contributed by atoms with Gasteiger partial charge in [0.05, 0.1) is 34.9 Å². The average Bonchev–Trinajstić information content (AvgIpc) is 3.31. The first-order valence-corrected chi connectivity index (χ1v) is 11.0. The van der Waals surface area contributed by atoms with Gasteiger partial charge in [0.1, 0.15) is 11.6 Å². The number of hydrogen-bond donors (Lipinski definition) is 4. The molecule has 0 saturated heterocycles. The largest absolute Gasteiger partial charge is 0.398 e. The van der Waals surface area contributed by atoms with Gasteiger partial charge in [0.2, 0.25) is 0 Å². The second kappa shape index (κ2) is 8.64. The standard InChI is InChI=1S/C23H20BrN7O2/c1-33-8-7-26-18-6-5-12(10-27-18)22-29-21-16(24)9-14(20(25)19(21)23(32)30-22)13-3-2-4-17-15(13)11-28-31-17/h2-6,9-11H,7-8,25H2,1H3,(H,26,27)(H,28,31)(H,29,30,32). The van der Waals surface area contributed by atoms with Crippen LogP contribution in [-0.2, 0) is 4.74 Å². The SMILES string of the molecule is COCCNc1ccc(-c2nc3c(Br)cc(-c4cccc5[nH]ncc45)c(N)c3c(=O)[nH]2)cn1. The second-order valence-corrected chi connectivity index (χ2v) is 8.30. The number of methoxy groups -OCH3 is 1. The molecule has 0 spiro atoms. The van der Waals surface area contributed by atoms with E-state index >= 15 is 0 Å². The number of rotatable bonds is 6. The molecule has 0 unspecified atom stereocenters. The first kappa shape index (κ1) is 21.1. The number of hydrogen-bond acceptors (Lipinski definition) is 7. The quantitative estimate of drug-likeness (QED) is 0.203. The fourth-order valence-corrected chi connectivity index (χ4v) is 4.30. The molecule has 0 bridgehead atoms. The van der Waals surface area contributed by atoms with Crippen LogP contribution in [0.1, 0.15) is 0 Å². The molecule has 3 heterocycles. The first-order chi connectivity index (χ1) is 16.1. The number of benzene rings is 2. The summed E-state index contributed by atoms with van der Waals surface area (Å²) in [5.41, 5.74) is 10.2. The summed E-state index contributed by atoms with van der Waals surface area (Å²) in [6.07, 6.45) is 3.40. The number of pyridine rings is 1. The van der Waals surface area contributed by atoms with Crippen LogP contribution in [0.4, 0.5) is 11.5 Å². The van der Waals surface area contributed by atoms with E-state index in [1.807, 2.05) is 36.4 Å². The van der Waals surface area contributed by atoms with Crippen molar-refractivity contribution in [3.63, 3.8) is 0 Å². The van der Waals surface area contributed by atoms with Crippen LogP contribution in [-0.4, -0.2) is 45.4 Å². The lowest BCUT2D eigenvalue weighted by molar-refractivity contribution is 0.210. The lowest BCUT2D eigenvalue weighted by Crippen LogP contribution is -2.13. The van der Waals surface area contributed by atoms with Gasteiger partial charge in [0, 0.05) is 40.8 Å². The number of halogens is 1. The molecule has 10 heteroatoms. The zero-order chi connectivity index (χ0) is 22.9. The predicted octanol–water partition coefficient (Wildman–Crippen LogP) is 3.93. The lowest BCUT2D eigenvalue weighted by atomic mass is 9.98. The zero-order valence-corrected chi connectivity index (χ0v) is 19.2. The summed E-state index contributed by atoms with van der Waals surface area (Å²) in [5.74, 6) is 1.12. The summed E-state index contributed by atoms with van der Waals surface area (Å²) >= 11 is 3.59. The minimum Gasteiger partial charge on any atom is -0.398 e. The van der Waals surface area contributed by atoms with Gasteiger partial charge < -0.3 is 20.8 Å². The molecule has 0 aliphatic heterocycles. The number of aromatic nitrogens is 5. The highest BCUT2D eigenvalue weighted by molar-refractivity contribution is 9.10. The van der Waals surface area contributed by atoms with Crippen molar-refractivity contribution in [2.45, 2.75) is 0 Å². The molecule has 0 fully saturated rings. The predicted molar refractivity (Wildman–Crippen MR) is 133 cm³/mol. The summed E-state index contributed by atoms with van der Waals surface area (Å²) in [7, 11) is 1.64. The molecule has 0 radical (unpaired) electrons. The van der Waals surface area contributed by atoms with E-state index < -0.39 is 0 Å². The number of nitrogens with two attached hydrogens (primary N) is 1. The fraction of sp³-hybridized carbons (Fsp3) is 0.130. The highest BCUT2D eigenvalue weighted by atomic mass is 79.9.